The summed E-state index contributed by atoms with van der Waals surface area (Å²) < 4.78 is 9.83. The van der Waals surface area contributed by atoms with Crippen molar-refractivity contribution in [3.05, 3.63) is 0 Å². The highest BCUT2D eigenvalue weighted by Crippen LogP contribution is 2.14. The molecule has 0 rings (SSSR count). The van der Waals surface area contributed by atoms with Crippen LogP contribution in [-0.4, -0.2) is 56.7 Å². The lowest BCUT2D eigenvalue weighted by molar-refractivity contribution is -0.155. The van der Waals surface area contributed by atoms with Crippen molar-refractivity contribution < 1.29 is 19.1 Å². The molecule has 6 heteroatoms. The van der Waals surface area contributed by atoms with E-state index < -0.39 is 23.9 Å². The Morgan fingerprint density at radius 2 is 1.74 bits per heavy atom. The number of carbonyl (C=O) groups is 2. The van der Waals surface area contributed by atoms with Crippen molar-refractivity contribution in [2.45, 2.75) is 32.7 Å². The normalized spacial score (nSPS) is 14.0. The lowest BCUT2D eigenvalue weighted by atomic mass is 9.94. The van der Waals surface area contributed by atoms with Crippen molar-refractivity contribution in [3.8, 4) is 0 Å². The minimum absolute atomic E-state index is 0.0265. The predicted octanol–water partition coefficient (Wildman–Crippen LogP) is 0.398. The summed E-state index contributed by atoms with van der Waals surface area (Å²) in [7, 11) is 3.86. The SMILES string of the molecule is CCOC(=O)CC(C(=O)OCC)C(N)CCN(C)C. The standard InChI is InChI=1S/C13H26N2O4/c1-5-18-12(16)9-10(13(17)19-6-2)11(14)7-8-15(3)4/h10-11H,5-9,14H2,1-4H3. The Morgan fingerprint density at radius 1 is 1.16 bits per heavy atom. The Bertz CT molecular complexity index is 282. The average molecular weight is 274 g/mol. The van der Waals surface area contributed by atoms with Crippen LogP contribution in [0.4, 0.5) is 0 Å². The Labute approximate surface area is 115 Å². The summed E-state index contributed by atoms with van der Waals surface area (Å²) in [5.41, 5.74) is 6.01. The van der Waals surface area contributed by atoms with Gasteiger partial charge in [-0.1, -0.05) is 0 Å². The van der Waals surface area contributed by atoms with E-state index in [1.165, 1.54) is 0 Å². The van der Waals surface area contributed by atoms with Crippen molar-refractivity contribution in [1.29, 1.82) is 0 Å². The molecule has 0 saturated carbocycles. The van der Waals surface area contributed by atoms with E-state index in [0.29, 0.717) is 13.0 Å². The number of nitrogens with zero attached hydrogens (tertiary/aromatic N) is 1. The van der Waals surface area contributed by atoms with Gasteiger partial charge in [-0.25, -0.2) is 0 Å². The molecule has 6 nitrogen and oxygen atoms in total. The molecule has 2 unspecified atom stereocenters. The van der Waals surface area contributed by atoms with Crippen LogP contribution in [-0.2, 0) is 19.1 Å². The minimum Gasteiger partial charge on any atom is -0.466 e. The highest BCUT2D eigenvalue weighted by Gasteiger charge is 2.29. The number of carbonyl (C=O) groups excluding carboxylic acids is 2. The average Bonchev–Trinajstić information content (AvgIpc) is 2.33. The topological polar surface area (TPSA) is 81.9 Å². The molecule has 0 bridgehead atoms. The van der Waals surface area contributed by atoms with Gasteiger partial charge in [0.05, 0.1) is 25.6 Å². The number of ether oxygens (including phenoxy) is 2. The first-order chi connectivity index (χ1) is 8.92. The van der Waals surface area contributed by atoms with Gasteiger partial charge in [-0.05, 0) is 40.9 Å². The maximum Gasteiger partial charge on any atom is 0.311 e. The first-order valence-corrected chi connectivity index (χ1v) is 6.64. The highest BCUT2D eigenvalue weighted by atomic mass is 16.5. The van der Waals surface area contributed by atoms with Gasteiger partial charge in [0.1, 0.15) is 0 Å². The molecule has 19 heavy (non-hydrogen) atoms. The van der Waals surface area contributed by atoms with E-state index in [0.717, 1.165) is 6.54 Å². The summed E-state index contributed by atoms with van der Waals surface area (Å²) in [5, 5.41) is 0. The van der Waals surface area contributed by atoms with Crippen molar-refractivity contribution in [1.82, 2.24) is 4.90 Å². The van der Waals surface area contributed by atoms with Crippen LogP contribution < -0.4 is 5.73 Å². The zero-order valence-corrected chi connectivity index (χ0v) is 12.3. The van der Waals surface area contributed by atoms with Crippen molar-refractivity contribution in [2.75, 3.05) is 33.9 Å². The fourth-order valence-electron chi connectivity index (χ4n) is 1.67. The molecule has 0 amide bonds. The number of esters is 2. The molecule has 0 aliphatic heterocycles. The molecule has 0 aromatic carbocycles. The molecule has 0 fully saturated rings. The van der Waals surface area contributed by atoms with Gasteiger partial charge >= 0.3 is 11.9 Å². The van der Waals surface area contributed by atoms with Crippen LogP contribution in [0.3, 0.4) is 0 Å². The van der Waals surface area contributed by atoms with E-state index in [2.05, 4.69) is 0 Å². The summed E-state index contributed by atoms with van der Waals surface area (Å²) in [6.07, 6.45) is 0.594. The van der Waals surface area contributed by atoms with Crippen molar-refractivity contribution >= 4 is 11.9 Å². The van der Waals surface area contributed by atoms with E-state index in [-0.39, 0.29) is 13.0 Å². The molecular weight excluding hydrogens is 248 g/mol. The quantitative estimate of drug-likeness (QED) is 0.613. The van der Waals surface area contributed by atoms with Gasteiger partial charge in [0.2, 0.25) is 0 Å². The molecule has 0 aromatic rings. The zero-order chi connectivity index (χ0) is 14.8. The van der Waals surface area contributed by atoms with Crippen LogP contribution in [0.25, 0.3) is 0 Å². The smallest absolute Gasteiger partial charge is 0.311 e. The number of hydrogen-bond donors (Lipinski definition) is 1. The first kappa shape index (κ1) is 17.9. The Morgan fingerprint density at radius 3 is 2.21 bits per heavy atom. The molecule has 0 heterocycles. The molecule has 112 valence electrons. The molecule has 0 aliphatic rings. The van der Waals surface area contributed by atoms with Crippen LogP contribution >= 0.6 is 0 Å². The predicted molar refractivity (Wildman–Crippen MR) is 72.5 cm³/mol. The fourth-order valence-corrected chi connectivity index (χ4v) is 1.67. The second kappa shape index (κ2) is 9.75. The van der Waals surface area contributed by atoms with Crippen LogP contribution in [0.1, 0.15) is 26.7 Å². The summed E-state index contributed by atoms with van der Waals surface area (Å²) in [6, 6.07) is -0.411. The largest absolute Gasteiger partial charge is 0.466 e. The molecule has 2 N–H and O–H groups in total. The second-order valence-electron chi connectivity index (χ2n) is 4.62. The Balaban J connectivity index is 4.55. The third-order valence-corrected chi connectivity index (χ3v) is 2.71. The molecule has 0 saturated heterocycles. The van der Waals surface area contributed by atoms with Gasteiger partial charge in [0.25, 0.3) is 0 Å². The second-order valence-corrected chi connectivity index (χ2v) is 4.62. The summed E-state index contributed by atoms with van der Waals surface area (Å²) in [6.45, 7) is 4.77. The van der Waals surface area contributed by atoms with E-state index >= 15 is 0 Å². The molecule has 0 spiro atoms. The Kier molecular flexibility index (Phi) is 9.16. The number of nitrogens with two attached hydrogens (primary N) is 1. The van der Waals surface area contributed by atoms with Crippen LogP contribution in [0.2, 0.25) is 0 Å². The van der Waals surface area contributed by atoms with Gasteiger partial charge in [-0.2, -0.15) is 0 Å². The molecule has 2 atom stereocenters. The van der Waals surface area contributed by atoms with Gasteiger partial charge in [-0.3, -0.25) is 9.59 Å². The Hall–Kier alpha value is -1.14. The van der Waals surface area contributed by atoms with E-state index in [1.54, 1.807) is 13.8 Å². The third-order valence-electron chi connectivity index (χ3n) is 2.71. The van der Waals surface area contributed by atoms with Gasteiger partial charge in [0.15, 0.2) is 0 Å². The first-order valence-electron chi connectivity index (χ1n) is 6.64. The zero-order valence-electron chi connectivity index (χ0n) is 12.3. The van der Waals surface area contributed by atoms with E-state index in [4.69, 9.17) is 15.2 Å². The summed E-state index contributed by atoms with van der Waals surface area (Å²) in [5.74, 6) is -1.48. The maximum atomic E-state index is 11.8. The minimum atomic E-state index is -0.640. The van der Waals surface area contributed by atoms with Crippen molar-refractivity contribution in [2.24, 2.45) is 11.7 Å². The fraction of sp³-hybridized carbons (Fsp3) is 0.846. The summed E-state index contributed by atoms with van der Waals surface area (Å²) >= 11 is 0. The lowest BCUT2D eigenvalue weighted by Gasteiger charge is -2.22. The monoisotopic (exact) mass is 274 g/mol. The van der Waals surface area contributed by atoms with Crippen molar-refractivity contribution in [3.63, 3.8) is 0 Å². The number of hydrogen-bond acceptors (Lipinski definition) is 6. The van der Waals surface area contributed by atoms with Gasteiger partial charge < -0.3 is 20.1 Å². The third kappa shape index (κ3) is 7.79. The maximum absolute atomic E-state index is 11.8. The van der Waals surface area contributed by atoms with E-state index in [1.807, 2.05) is 19.0 Å². The molecule has 0 aliphatic carbocycles. The van der Waals surface area contributed by atoms with Crippen LogP contribution in [0.15, 0.2) is 0 Å². The highest BCUT2D eigenvalue weighted by molar-refractivity contribution is 5.80. The van der Waals surface area contributed by atoms with Crippen LogP contribution in [0.5, 0.6) is 0 Å². The lowest BCUT2D eigenvalue weighted by Crippen LogP contribution is -2.40. The summed E-state index contributed by atoms with van der Waals surface area (Å²) in [4.78, 5) is 25.3. The molecular formula is C13H26N2O4. The van der Waals surface area contributed by atoms with Gasteiger partial charge in [0, 0.05) is 6.04 Å². The number of rotatable bonds is 9. The van der Waals surface area contributed by atoms with E-state index in [9.17, 15) is 9.59 Å². The van der Waals surface area contributed by atoms with Crippen LogP contribution in [0, 0.1) is 5.92 Å². The van der Waals surface area contributed by atoms with Gasteiger partial charge in [-0.15, -0.1) is 0 Å². The molecule has 0 radical (unpaired) electrons. The molecule has 0 aromatic heterocycles.